The highest BCUT2D eigenvalue weighted by molar-refractivity contribution is 5.95. The summed E-state index contributed by atoms with van der Waals surface area (Å²) < 4.78 is 0. The van der Waals surface area contributed by atoms with Gasteiger partial charge in [-0.3, -0.25) is 19.2 Å². The topological polar surface area (TPSA) is 237 Å². The van der Waals surface area contributed by atoms with Crippen molar-refractivity contribution >= 4 is 29.7 Å². The van der Waals surface area contributed by atoms with E-state index in [1.165, 1.54) is 36.8 Å². The normalized spacial score (nSPS) is 14.1. The molecule has 0 radical (unpaired) electrons. The zero-order valence-electron chi connectivity index (χ0n) is 20.9. The van der Waals surface area contributed by atoms with Gasteiger partial charge in [-0.2, -0.15) is 0 Å². The largest absolute Gasteiger partial charge is 0.508 e. The number of nitrogens with two attached hydrogens (primary N) is 1. The molecule has 0 aliphatic carbocycles. The molecule has 1 aromatic carbocycles. The molecule has 0 saturated heterocycles. The summed E-state index contributed by atoms with van der Waals surface area (Å²) in [7, 11) is 0. The van der Waals surface area contributed by atoms with E-state index >= 15 is 0 Å². The number of aromatic nitrogens is 2. The maximum atomic E-state index is 13.0. The summed E-state index contributed by atoms with van der Waals surface area (Å²) in [5, 5.41) is 35.3. The molecule has 1 aromatic heterocycles. The van der Waals surface area contributed by atoms with Crippen LogP contribution in [0.4, 0.5) is 0 Å². The first-order valence-corrected chi connectivity index (χ1v) is 11.7. The highest BCUT2D eigenvalue weighted by Crippen LogP contribution is 2.12. The molecule has 1 heterocycles. The Morgan fingerprint density at radius 1 is 0.921 bits per heavy atom. The van der Waals surface area contributed by atoms with E-state index in [9.17, 15) is 39.3 Å². The van der Waals surface area contributed by atoms with Crippen LogP contribution in [0.2, 0.25) is 0 Å². The number of carbonyl (C=O) groups excluding carboxylic acids is 3. The number of benzene rings is 1. The van der Waals surface area contributed by atoms with E-state index in [2.05, 4.69) is 25.9 Å². The summed E-state index contributed by atoms with van der Waals surface area (Å²) in [5.41, 5.74) is 7.02. The molecule has 206 valence electrons. The number of nitrogens with one attached hydrogen (secondary N) is 4. The fourth-order valence-electron chi connectivity index (χ4n) is 3.51. The standard InChI is InChI=1S/C24H32N6O8/c1-12(2)20(30-21(34)16(25)8-14-10-26-11-27-14)23(36)28-17(9-19(32)33)22(35)29-18(24(37)38)7-13-3-5-15(31)6-4-13/h3-6,10-12,16-18,20,31H,7-9,25H2,1-2H3,(H,26,27)(H,28,36)(H,29,35)(H,30,34)(H,32,33)(H,37,38). The van der Waals surface area contributed by atoms with Crippen molar-refractivity contribution in [2.24, 2.45) is 11.7 Å². The lowest BCUT2D eigenvalue weighted by atomic mass is 10.0. The fraction of sp³-hybridized carbons (Fsp3) is 0.417. The van der Waals surface area contributed by atoms with Crippen LogP contribution in [0.1, 0.15) is 31.5 Å². The molecule has 14 nitrogen and oxygen atoms in total. The van der Waals surface area contributed by atoms with E-state index in [0.717, 1.165) is 0 Å². The Bertz CT molecular complexity index is 1120. The Morgan fingerprint density at radius 3 is 2.08 bits per heavy atom. The van der Waals surface area contributed by atoms with Gasteiger partial charge in [0.25, 0.3) is 0 Å². The number of carboxylic acids is 2. The Hall–Kier alpha value is -4.46. The van der Waals surface area contributed by atoms with Gasteiger partial charge in [0.1, 0.15) is 23.9 Å². The van der Waals surface area contributed by atoms with E-state index in [0.29, 0.717) is 11.3 Å². The number of carboxylic acid groups (broad SMARTS) is 2. The van der Waals surface area contributed by atoms with Crippen LogP contribution in [-0.2, 0) is 36.8 Å². The van der Waals surface area contributed by atoms with E-state index in [1.807, 2.05) is 0 Å². The summed E-state index contributed by atoms with van der Waals surface area (Å²) in [6, 6.07) is 0.405. The molecule has 0 aliphatic rings. The Labute approximate surface area is 218 Å². The quantitative estimate of drug-likeness (QED) is 0.146. The minimum atomic E-state index is -1.63. The molecular weight excluding hydrogens is 500 g/mol. The average Bonchev–Trinajstić information content (AvgIpc) is 3.35. The number of aliphatic carboxylic acids is 2. The third-order valence-electron chi connectivity index (χ3n) is 5.58. The second-order valence-corrected chi connectivity index (χ2v) is 9.05. The van der Waals surface area contributed by atoms with Crippen LogP contribution in [0.15, 0.2) is 36.8 Å². The predicted octanol–water partition coefficient (Wildman–Crippen LogP) is -1.10. The Morgan fingerprint density at radius 2 is 1.55 bits per heavy atom. The molecule has 4 atom stereocenters. The maximum Gasteiger partial charge on any atom is 0.326 e. The van der Waals surface area contributed by atoms with Crippen molar-refractivity contribution in [2.45, 2.75) is 57.3 Å². The smallest absolute Gasteiger partial charge is 0.326 e. The number of rotatable bonds is 14. The molecule has 3 amide bonds. The zero-order chi connectivity index (χ0) is 28.4. The SMILES string of the molecule is CC(C)C(NC(=O)C(N)Cc1cnc[nH]1)C(=O)NC(CC(=O)O)C(=O)NC(Cc1ccc(O)cc1)C(=O)O. The molecular formula is C24H32N6O8. The lowest BCUT2D eigenvalue weighted by Crippen LogP contribution is -2.59. The maximum absolute atomic E-state index is 13.0. The van der Waals surface area contributed by atoms with Crippen molar-refractivity contribution in [1.82, 2.24) is 25.9 Å². The second kappa shape index (κ2) is 13.7. The molecule has 14 heteroatoms. The number of hydrogen-bond acceptors (Lipinski definition) is 8. The summed E-state index contributed by atoms with van der Waals surface area (Å²) >= 11 is 0. The van der Waals surface area contributed by atoms with Gasteiger partial charge in [-0.05, 0) is 23.6 Å². The number of aromatic hydroxyl groups is 1. The van der Waals surface area contributed by atoms with Gasteiger partial charge >= 0.3 is 11.9 Å². The first-order valence-electron chi connectivity index (χ1n) is 11.7. The van der Waals surface area contributed by atoms with E-state index in [4.69, 9.17) is 5.73 Å². The first kappa shape index (κ1) is 29.8. The third-order valence-corrected chi connectivity index (χ3v) is 5.58. The summed E-state index contributed by atoms with van der Waals surface area (Å²) in [6.45, 7) is 3.27. The summed E-state index contributed by atoms with van der Waals surface area (Å²) in [4.78, 5) is 68.3. The van der Waals surface area contributed by atoms with Crippen LogP contribution in [0.25, 0.3) is 0 Å². The number of phenolic OH excluding ortho intramolecular Hbond substituents is 1. The average molecular weight is 533 g/mol. The first-order chi connectivity index (χ1) is 17.9. The van der Waals surface area contributed by atoms with Gasteiger partial charge in [0, 0.05) is 24.7 Å². The highest BCUT2D eigenvalue weighted by atomic mass is 16.4. The van der Waals surface area contributed by atoms with E-state index in [1.54, 1.807) is 13.8 Å². The molecule has 2 aromatic rings. The number of phenols is 1. The van der Waals surface area contributed by atoms with Gasteiger partial charge in [-0.25, -0.2) is 9.78 Å². The molecule has 0 spiro atoms. The van der Waals surface area contributed by atoms with Gasteiger partial charge in [0.05, 0.1) is 18.8 Å². The molecule has 4 unspecified atom stereocenters. The van der Waals surface area contributed by atoms with E-state index in [-0.39, 0.29) is 18.6 Å². The van der Waals surface area contributed by atoms with Gasteiger partial charge in [-0.1, -0.05) is 26.0 Å². The van der Waals surface area contributed by atoms with Gasteiger partial charge in [0.2, 0.25) is 17.7 Å². The van der Waals surface area contributed by atoms with Crippen LogP contribution < -0.4 is 21.7 Å². The number of imidazole rings is 1. The van der Waals surface area contributed by atoms with Crippen LogP contribution in [0.3, 0.4) is 0 Å². The molecule has 2 rings (SSSR count). The molecule has 0 bridgehead atoms. The minimum Gasteiger partial charge on any atom is -0.508 e. The molecule has 0 saturated carbocycles. The number of aromatic amines is 1. The highest BCUT2D eigenvalue weighted by Gasteiger charge is 2.33. The molecule has 0 fully saturated rings. The zero-order valence-corrected chi connectivity index (χ0v) is 20.9. The summed E-state index contributed by atoms with van der Waals surface area (Å²) in [5.74, 6) is -5.80. The van der Waals surface area contributed by atoms with Crippen molar-refractivity contribution < 1.29 is 39.3 Å². The van der Waals surface area contributed by atoms with Crippen LogP contribution in [0, 0.1) is 5.92 Å². The molecule has 0 aliphatic heterocycles. The van der Waals surface area contributed by atoms with Gasteiger partial charge < -0.3 is 42.0 Å². The number of carbonyl (C=O) groups is 5. The number of H-pyrrole nitrogens is 1. The van der Waals surface area contributed by atoms with Crippen LogP contribution in [-0.4, -0.2) is 79.1 Å². The predicted molar refractivity (Wildman–Crippen MR) is 133 cm³/mol. The van der Waals surface area contributed by atoms with Crippen LogP contribution >= 0.6 is 0 Å². The monoisotopic (exact) mass is 532 g/mol. The van der Waals surface area contributed by atoms with Crippen molar-refractivity contribution in [3.05, 3.63) is 48.0 Å². The lowest BCUT2D eigenvalue weighted by molar-refractivity contribution is -0.143. The Balaban J connectivity index is 2.10. The van der Waals surface area contributed by atoms with Crippen molar-refractivity contribution in [3.63, 3.8) is 0 Å². The Kier molecular flexibility index (Phi) is 10.8. The van der Waals surface area contributed by atoms with Crippen molar-refractivity contribution in [2.75, 3.05) is 0 Å². The van der Waals surface area contributed by atoms with Gasteiger partial charge in [0.15, 0.2) is 0 Å². The lowest BCUT2D eigenvalue weighted by Gasteiger charge is -2.26. The van der Waals surface area contributed by atoms with Crippen molar-refractivity contribution in [1.29, 1.82) is 0 Å². The second-order valence-electron chi connectivity index (χ2n) is 9.05. The third kappa shape index (κ3) is 9.20. The minimum absolute atomic E-state index is 0.0250. The van der Waals surface area contributed by atoms with Gasteiger partial charge in [-0.15, -0.1) is 0 Å². The van der Waals surface area contributed by atoms with Crippen LogP contribution in [0.5, 0.6) is 5.75 Å². The number of hydrogen-bond donors (Lipinski definition) is 8. The van der Waals surface area contributed by atoms with E-state index < -0.39 is 66.2 Å². The molecule has 38 heavy (non-hydrogen) atoms. The fourth-order valence-corrected chi connectivity index (χ4v) is 3.51. The number of nitrogens with zero attached hydrogens (tertiary/aromatic N) is 1. The van der Waals surface area contributed by atoms with Crippen molar-refractivity contribution in [3.8, 4) is 5.75 Å². The summed E-state index contributed by atoms with van der Waals surface area (Å²) in [6.07, 6.45) is 2.06. The molecule has 9 N–H and O–H groups in total. The number of amides is 3.